The highest BCUT2D eigenvalue weighted by molar-refractivity contribution is 5.91. The monoisotopic (exact) mass is 406 g/mol. The number of nitrogens with zero attached hydrogens (tertiary/aromatic N) is 3. The number of aliphatic hydroxyl groups excluding tert-OH is 1. The van der Waals surface area contributed by atoms with Crippen molar-refractivity contribution >= 4 is 11.7 Å². The molecule has 1 saturated heterocycles. The molecule has 0 radical (unpaired) electrons. The van der Waals surface area contributed by atoms with E-state index in [1.54, 1.807) is 0 Å². The van der Waals surface area contributed by atoms with Crippen LogP contribution in [0, 0.1) is 29.0 Å². The maximum Gasteiger partial charge on any atom is 0.323 e. The molecule has 2 N–H and O–H groups in total. The van der Waals surface area contributed by atoms with E-state index >= 15 is 0 Å². The number of aliphatic hydroxyl groups is 1. The summed E-state index contributed by atoms with van der Waals surface area (Å²) < 4.78 is 13.1. The summed E-state index contributed by atoms with van der Waals surface area (Å²) in [5.74, 6) is 5.43. The second-order valence-corrected chi connectivity index (χ2v) is 7.36. The maximum atomic E-state index is 13.1. The fraction of sp³-hybridized carbons (Fsp3) is 0.304. The Kier molecular flexibility index (Phi) is 6.68. The molecule has 0 bridgehead atoms. The molecule has 3 rings (SSSR count). The van der Waals surface area contributed by atoms with Crippen molar-refractivity contribution in [2.75, 3.05) is 32.6 Å². The third-order valence-corrected chi connectivity index (χ3v) is 4.98. The van der Waals surface area contributed by atoms with Gasteiger partial charge in [0.1, 0.15) is 11.9 Å². The Balaban J connectivity index is 1.73. The first-order valence-electron chi connectivity index (χ1n) is 9.53. The van der Waals surface area contributed by atoms with E-state index in [9.17, 15) is 19.6 Å². The predicted octanol–water partition coefficient (Wildman–Crippen LogP) is 2.62. The number of nitriles is 1. The molecule has 0 aliphatic carbocycles. The van der Waals surface area contributed by atoms with E-state index in [1.807, 2.05) is 43.3 Å². The zero-order valence-electron chi connectivity index (χ0n) is 16.8. The van der Waals surface area contributed by atoms with E-state index in [4.69, 9.17) is 0 Å². The molecule has 2 amide bonds. The number of rotatable bonds is 4. The van der Waals surface area contributed by atoms with Crippen molar-refractivity contribution in [1.29, 1.82) is 5.26 Å². The lowest BCUT2D eigenvalue weighted by atomic mass is 9.76. The van der Waals surface area contributed by atoms with E-state index in [-0.39, 0.29) is 12.5 Å². The number of amides is 2. The molecule has 154 valence electrons. The van der Waals surface area contributed by atoms with Gasteiger partial charge in [0.25, 0.3) is 0 Å². The van der Waals surface area contributed by atoms with Gasteiger partial charge in [-0.25, -0.2) is 9.18 Å². The highest BCUT2D eigenvalue weighted by Gasteiger charge is 2.51. The van der Waals surface area contributed by atoms with E-state index in [1.165, 1.54) is 29.2 Å². The summed E-state index contributed by atoms with van der Waals surface area (Å²) in [5, 5.41) is 22.2. The second-order valence-electron chi connectivity index (χ2n) is 7.36. The summed E-state index contributed by atoms with van der Waals surface area (Å²) in [7, 11) is 3.90. The van der Waals surface area contributed by atoms with Gasteiger partial charge in [0, 0.05) is 17.2 Å². The quantitative estimate of drug-likeness (QED) is 0.765. The van der Waals surface area contributed by atoms with Crippen LogP contribution in [-0.4, -0.2) is 60.3 Å². The smallest absolute Gasteiger partial charge is 0.323 e. The first kappa shape index (κ1) is 21.3. The molecule has 2 aromatic rings. The molecular formula is C23H23FN4O2. The molecule has 7 heteroatoms. The topological polar surface area (TPSA) is 79.6 Å². The Labute approximate surface area is 175 Å². The van der Waals surface area contributed by atoms with Crippen LogP contribution >= 0.6 is 0 Å². The summed E-state index contributed by atoms with van der Waals surface area (Å²) in [6, 6.07) is 13.3. The minimum atomic E-state index is -0.715. The molecule has 0 aromatic heterocycles. The van der Waals surface area contributed by atoms with Gasteiger partial charge in [-0.05, 0) is 56.1 Å². The minimum absolute atomic E-state index is 0.274. The number of urea groups is 1. The second kappa shape index (κ2) is 9.41. The third kappa shape index (κ3) is 4.60. The van der Waals surface area contributed by atoms with Crippen LogP contribution in [0.1, 0.15) is 17.0 Å². The zero-order chi connectivity index (χ0) is 21.7. The number of likely N-dealkylation sites (tertiary alicyclic amines) is 1. The van der Waals surface area contributed by atoms with Gasteiger partial charge in [0.15, 0.2) is 0 Å². The maximum absolute atomic E-state index is 13.1. The Morgan fingerprint density at radius 3 is 2.43 bits per heavy atom. The largest absolute Gasteiger partial charge is 0.394 e. The van der Waals surface area contributed by atoms with Gasteiger partial charge in [-0.3, -0.25) is 4.90 Å². The molecule has 3 atom stereocenters. The average molecular weight is 406 g/mol. The summed E-state index contributed by atoms with van der Waals surface area (Å²) in [6.45, 7) is 0.385. The predicted molar refractivity (Wildman–Crippen MR) is 112 cm³/mol. The van der Waals surface area contributed by atoms with Crippen LogP contribution in [0.25, 0.3) is 0 Å². The van der Waals surface area contributed by atoms with Crippen LogP contribution in [0.4, 0.5) is 14.9 Å². The van der Waals surface area contributed by atoms with E-state index in [0.717, 1.165) is 11.1 Å². The Morgan fingerprint density at radius 1 is 1.20 bits per heavy atom. The van der Waals surface area contributed by atoms with Gasteiger partial charge in [0.05, 0.1) is 25.3 Å². The number of benzene rings is 2. The van der Waals surface area contributed by atoms with Gasteiger partial charge in [0.2, 0.25) is 0 Å². The Morgan fingerprint density at radius 2 is 1.87 bits per heavy atom. The van der Waals surface area contributed by atoms with Gasteiger partial charge < -0.3 is 15.3 Å². The van der Waals surface area contributed by atoms with Gasteiger partial charge in [-0.1, -0.05) is 24.0 Å². The van der Waals surface area contributed by atoms with Crippen LogP contribution in [0.5, 0.6) is 0 Å². The number of carbonyl (C=O) groups is 1. The van der Waals surface area contributed by atoms with Crippen LogP contribution in [0.15, 0.2) is 48.5 Å². The lowest BCUT2D eigenvalue weighted by molar-refractivity contribution is 0.0224. The first-order chi connectivity index (χ1) is 14.4. The fourth-order valence-corrected chi connectivity index (χ4v) is 3.50. The molecule has 1 heterocycles. The standard InChI is InChI=1S/C23H23FN4O2/c1-27(2)13-3-4-16-5-7-17(8-6-16)22-20(14-25)28(21(22)15-29)23(30)26-19-11-9-18(24)10-12-19/h5-12,20-22,29H,13,15H2,1-2H3,(H,26,30)/t20-,21+,22+/m0/s1. The molecule has 6 nitrogen and oxygen atoms in total. The van der Waals surface area contributed by atoms with E-state index in [2.05, 4.69) is 23.2 Å². The number of hydrogen-bond acceptors (Lipinski definition) is 4. The molecule has 0 unspecified atom stereocenters. The Bertz CT molecular complexity index is 987. The SMILES string of the molecule is CN(C)CC#Cc1ccc([C@H]2[C@@H](CO)N(C(=O)Nc3ccc(F)cc3)[C@H]2C#N)cc1. The molecule has 30 heavy (non-hydrogen) atoms. The number of nitrogens with one attached hydrogen (secondary N) is 1. The highest BCUT2D eigenvalue weighted by Crippen LogP contribution is 2.40. The first-order valence-corrected chi connectivity index (χ1v) is 9.53. The van der Waals surface area contributed by atoms with Gasteiger partial charge >= 0.3 is 6.03 Å². The van der Waals surface area contributed by atoms with Crippen LogP contribution in [-0.2, 0) is 0 Å². The number of hydrogen-bond donors (Lipinski definition) is 2. The van der Waals surface area contributed by atoms with Gasteiger partial charge in [-0.2, -0.15) is 5.26 Å². The summed E-state index contributed by atoms with van der Waals surface area (Å²) in [6.07, 6.45) is 0. The molecule has 1 fully saturated rings. The van der Waals surface area contributed by atoms with E-state index < -0.39 is 23.9 Å². The van der Waals surface area contributed by atoms with E-state index in [0.29, 0.717) is 12.2 Å². The van der Waals surface area contributed by atoms with Crippen LogP contribution in [0.3, 0.4) is 0 Å². The van der Waals surface area contributed by atoms with Gasteiger partial charge in [-0.15, -0.1) is 0 Å². The molecule has 1 aliphatic rings. The minimum Gasteiger partial charge on any atom is -0.394 e. The van der Waals surface area contributed by atoms with Crippen molar-refractivity contribution in [3.8, 4) is 17.9 Å². The third-order valence-electron chi connectivity index (χ3n) is 4.98. The van der Waals surface area contributed by atoms with Crippen LogP contribution < -0.4 is 5.32 Å². The average Bonchev–Trinajstić information content (AvgIpc) is 2.70. The normalized spacial score (nSPS) is 20.0. The van der Waals surface area contributed by atoms with Crippen molar-refractivity contribution in [2.45, 2.75) is 18.0 Å². The number of halogens is 1. The summed E-state index contributed by atoms with van der Waals surface area (Å²) >= 11 is 0. The molecule has 0 spiro atoms. The zero-order valence-corrected chi connectivity index (χ0v) is 16.8. The summed E-state index contributed by atoms with van der Waals surface area (Å²) in [4.78, 5) is 16.0. The van der Waals surface area contributed by atoms with Crippen LogP contribution in [0.2, 0.25) is 0 Å². The lowest BCUT2D eigenvalue weighted by Gasteiger charge is -2.51. The fourth-order valence-electron chi connectivity index (χ4n) is 3.50. The van der Waals surface area contributed by atoms with Crippen molar-refractivity contribution in [3.63, 3.8) is 0 Å². The van der Waals surface area contributed by atoms with Crippen molar-refractivity contribution in [1.82, 2.24) is 9.80 Å². The lowest BCUT2D eigenvalue weighted by Crippen LogP contribution is -2.66. The number of anilines is 1. The van der Waals surface area contributed by atoms with Crippen molar-refractivity contribution in [2.24, 2.45) is 0 Å². The molecule has 2 aromatic carbocycles. The molecule has 1 aliphatic heterocycles. The molecule has 0 saturated carbocycles. The number of carbonyl (C=O) groups excluding carboxylic acids is 1. The Hall–Kier alpha value is -3.39. The van der Waals surface area contributed by atoms with Crippen molar-refractivity contribution in [3.05, 3.63) is 65.5 Å². The summed E-state index contributed by atoms with van der Waals surface area (Å²) in [5.41, 5.74) is 2.14. The van der Waals surface area contributed by atoms with Crippen molar-refractivity contribution < 1.29 is 14.3 Å². The molecular weight excluding hydrogens is 383 g/mol. The highest BCUT2D eigenvalue weighted by atomic mass is 19.1.